The van der Waals surface area contributed by atoms with Gasteiger partial charge in [-0.1, -0.05) is 12.1 Å². The summed E-state index contributed by atoms with van der Waals surface area (Å²) in [5, 5.41) is 9.17. The number of benzene rings is 2. The first-order valence-corrected chi connectivity index (χ1v) is 7.69. The van der Waals surface area contributed by atoms with Crippen molar-refractivity contribution < 1.29 is 19.0 Å². The molecule has 2 aromatic rings. The molecule has 25 heavy (non-hydrogen) atoms. The number of anilines is 1. The Balaban J connectivity index is 2.07. The van der Waals surface area contributed by atoms with E-state index in [-0.39, 0.29) is 5.91 Å². The highest BCUT2D eigenvalue weighted by atomic mass is 16.7. The highest BCUT2D eigenvalue weighted by Crippen LogP contribution is 2.44. The predicted octanol–water partition coefficient (Wildman–Crippen LogP) is 2.56. The van der Waals surface area contributed by atoms with Crippen molar-refractivity contribution >= 4 is 11.6 Å². The Kier molecular flexibility index (Phi) is 4.45. The molecule has 3 rings (SSSR count). The van der Waals surface area contributed by atoms with Gasteiger partial charge in [0.2, 0.25) is 0 Å². The highest BCUT2D eigenvalue weighted by molar-refractivity contribution is 6.06. The second-order valence-corrected chi connectivity index (χ2v) is 5.61. The van der Waals surface area contributed by atoms with Crippen molar-refractivity contribution in [2.75, 3.05) is 26.2 Å². The summed E-state index contributed by atoms with van der Waals surface area (Å²) < 4.78 is 16.1. The molecule has 1 heterocycles. The zero-order chi connectivity index (χ0) is 18.0. The molecule has 0 aromatic heterocycles. The third-order valence-electron chi connectivity index (χ3n) is 4.35. The molecule has 0 aliphatic carbocycles. The predicted molar refractivity (Wildman–Crippen MR) is 91.0 cm³/mol. The quantitative estimate of drug-likeness (QED) is 0.784. The van der Waals surface area contributed by atoms with Crippen molar-refractivity contribution in [2.45, 2.75) is 12.3 Å². The number of ether oxygens (including phenoxy) is 3. The Bertz CT molecular complexity index is 853. The molecule has 0 N–H and O–H groups in total. The molecule has 2 aromatic carbocycles. The van der Waals surface area contributed by atoms with Gasteiger partial charge in [0.15, 0.2) is 0 Å². The maximum absolute atomic E-state index is 13.1. The number of hydrogen-bond acceptors (Lipinski definition) is 5. The Morgan fingerprint density at radius 1 is 1.12 bits per heavy atom. The lowest BCUT2D eigenvalue weighted by atomic mass is 10.0. The molecule has 0 atom stereocenters. The first-order chi connectivity index (χ1) is 12.1. The average molecular weight is 338 g/mol. The van der Waals surface area contributed by atoms with Crippen LogP contribution in [0.25, 0.3) is 0 Å². The third-order valence-corrected chi connectivity index (χ3v) is 4.35. The van der Waals surface area contributed by atoms with Crippen LogP contribution in [-0.2, 0) is 26.6 Å². The Morgan fingerprint density at radius 2 is 1.88 bits per heavy atom. The lowest BCUT2D eigenvalue weighted by Crippen LogP contribution is -2.43. The molecule has 6 heteroatoms. The second kappa shape index (κ2) is 6.55. The van der Waals surface area contributed by atoms with Crippen LogP contribution in [0, 0.1) is 11.3 Å². The van der Waals surface area contributed by atoms with E-state index in [1.807, 2.05) is 24.3 Å². The first-order valence-electron chi connectivity index (χ1n) is 7.69. The van der Waals surface area contributed by atoms with Crippen LogP contribution in [0.1, 0.15) is 16.7 Å². The zero-order valence-corrected chi connectivity index (χ0v) is 14.3. The van der Waals surface area contributed by atoms with Crippen molar-refractivity contribution in [3.05, 3.63) is 59.2 Å². The molecule has 128 valence electrons. The molecule has 0 bridgehead atoms. The highest BCUT2D eigenvalue weighted by Gasteiger charge is 2.52. The number of amides is 1. The van der Waals surface area contributed by atoms with Gasteiger partial charge in [-0.3, -0.25) is 4.79 Å². The summed E-state index contributed by atoms with van der Waals surface area (Å²) in [6, 6.07) is 14.6. The number of carbonyl (C=O) groups is 1. The van der Waals surface area contributed by atoms with Gasteiger partial charge >= 0.3 is 0 Å². The topological polar surface area (TPSA) is 71.8 Å². The molecule has 0 spiro atoms. The van der Waals surface area contributed by atoms with Gasteiger partial charge in [-0.05, 0) is 35.9 Å². The fourth-order valence-electron chi connectivity index (χ4n) is 3.10. The minimum absolute atomic E-state index is 0.328. The standard InChI is InChI=1S/C19H18N2O4/c1-23-15-6-4-5-14(9-15)12-21-17-8-7-13(11-20)10-16(17)19(24-2,25-3)18(21)22/h4-10H,12H2,1-3H3. The molecule has 1 amide bonds. The monoisotopic (exact) mass is 338 g/mol. The van der Waals surface area contributed by atoms with E-state index < -0.39 is 5.79 Å². The van der Waals surface area contributed by atoms with Crippen LogP contribution in [-0.4, -0.2) is 27.2 Å². The molecule has 0 saturated heterocycles. The van der Waals surface area contributed by atoms with Crippen LogP contribution in [0.2, 0.25) is 0 Å². The molecule has 0 unspecified atom stereocenters. The van der Waals surface area contributed by atoms with Crippen LogP contribution in [0.5, 0.6) is 5.75 Å². The molecule has 6 nitrogen and oxygen atoms in total. The fraction of sp³-hybridized carbons (Fsp3) is 0.263. The zero-order valence-electron chi connectivity index (χ0n) is 14.3. The van der Waals surface area contributed by atoms with Crippen molar-refractivity contribution in [2.24, 2.45) is 0 Å². The van der Waals surface area contributed by atoms with E-state index in [2.05, 4.69) is 6.07 Å². The van der Waals surface area contributed by atoms with Crippen LogP contribution in [0.15, 0.2) is 42.5 Å². The number of methoxy groups -OCH3 is 3. The minimum atomic E-state index is -1.54. The van der Waals surface area contributed by atoms with Crippen LogP contribution < -0.4 is 9.64 Å². The van der Waals surface area contributed by atoms with Crippen LogP contribution in [0.4, 0.5) is 5.69 Å². The minimum Gasteiger partial charge on any atom is -0.497 e. The molecule has 1 aliphatic heterocycles. The molecular weight excluding hydrogens is 320 g/mol. The van der Waals surface area contributed by atoms with E-state index in [1.54, 1.807) is 30.2 Å². The maximum Gasteiger partial charge on any atom is 0.292 e. The van der Waals surface area contributed by atoms with Gasteiger partial charge in [0.25, 0.3) is 11.7 Å². The van der Waals surface area contributed by atoms with Crippen LogP contribution >= 0.6 is 0 Å². The Hall–Kier alpha value is -2.88. The summed E-state index contributed by atoms with van der Waals surface area (Å²) in [5.74, 6) is -1.15. The molecular formula is C19H18N2O4. The Labute approximate surface area is 146 Å². The number of fused-ring (bicyclic) bond motifs is 1. The number of carbonyl (C=O) groups excluding carboxylic acids is 1. The summed E-state index contributed by atoms with van der Waals surface area (Å²) in [5.41, 5.74) is 2.54. The first kappa shape index (κ1) is 17.0. The molecule has 0 fully saturated rings. The summed E-state index contributed by atoms with van der Waals surface area (Å²) in [7, 11) is 4.43. The van der Waals surface area contributed by atoms with Gasteiger partial charge in [0.1, 0.15) is 5.75 Å². The van der Waals surface area contributed by atoms with Crippen molar-refractivity contribution in [3.8, 4) is 11.8 Å². The smallest absolute Gasteiger partial charge is 0.292 e. The molecule has 0 radical (unpaired) electrons. The average Bonchev–Trinajstić information content (AvgIpc) is 2.89. The normalized spacial score (nSPS) is 15.0. The van der Waals surface area contributed by atoms with E-state index >= 15 is 0 Å². The van der Waals surface area contributed by atoms with Gasteiger partial charge in [0.05, 0.1) is 31.0 Å². The van der Waals surface area contributed by atoms with Gasteiger partial charge in [-0.15, -0.1) is 0 Å². The fourth-order valence-corrected chi connectivity index (χ4v) is 3.10. The van der Waals surface area contributed by atoms with E-state index in [9.17, 15) is 4.79 Å². The summed E-state index contributed by atoms with van der Waals surface area (Å²) >= 11 is 0. The lowest BCUT2D eigenvalue weighted by Gasteiger charge is -2.25. The number of nitrogens with zero attached hydrogens (tertiary/aromatic N) is 2. The van der Waals surface area contributed by atoms with E-state index in [0.29, 0.717) is 29.1 Å². The number of nitriles is 1. The summed E-state index contributed by atoms with van der Waals surface area (Å²) in [6.07, 6.45) is 0. The van der Waals surface area contributed by atoms with Crippen molar-refractivity contribution in [1.82, 2.24) is 0 Å². The molecule has 0 saturated carbocycles. The van der Waals surface area contributed by atoms with E-state index in [0.717, 1.165) is 5.56 Å². The SMILES string of the molecule is COc1cccc(CN2C(=O)C(OC)(OC)c3cc(C#N)ccc32)c1. The van der Waals surface area contributed by atoms with Crippen molar-refractivity contribution in [1.29, 1.82) is 5.26 Å². The second-order valence-electron chi connectivity index (χ2n) is 5.61. The molecule has 1 aliphatic rings. The summed E-state index contributed by atoms with van der Waals surface area (Å²) in [6.45, 7) is 0.337. The largest absolute Gasteiger partial charge is 0.497 e. The van der Waals surface area contributed by atoms with Gasteiger partial charge < -0.3 is 19.1 Å². The number of rotatable bonds is 5. The van der Waals surface area contributed by atoms with E-state index in [4.69, 9.17) is 19.5 Å². The van der Waals surface area contributed by atoms with Gasteiger partial charge in [-0.25, -0.2) is 0 Å². The van der Waals surface area contributed by atoms with Crippen LogP contribution in [0.3, 0.4) is 0 Å². The Morgan fingerprint density at radius 3 is 2.52 bits per heavy atom. The van der Waals surface area contributed by atoms with Gasteiger partial charge in [0, 0.05) is 19.8 Å². The number of hydrogen-bond donors (Lipinski definition) is 0. The van der Waals surface area contributed by atoms with Gasteiger partial charge in [-0.2, -0.15) is 5.26 Å². The lowest BCUT2D eigenvalue weighted by molar-refractivity contribution is -0.209. The van der Waals surface area contributed by atoms with Crippen molar-refractivity contribution in [3.63, 3.8) is 0 Å². The maximum atomic E-state index is 13.1. The van der Waals surface area contributed by atoms with E-state index in [1.165, 1.54) is 14.2 Å². The third kappa shape index (κ3) is 2.64. The summed E-state index contributed by atoms with van der Waals surface area (Å²) in [4.78, 5) is 14.7.